The monoisotopic (exact) mass is 216 g/mol. The molecule has 0 fully saturated rings. The molecule has 3 aromatic rings. The molecule has 2 nitrogen and oxygen atoms in total. The van der Waals surface area contributed by atoms with Crippen LogP contribution in [-0.4, -0.2) is 10.2 Å². The summed E-state index contributed by atoms with van der Waals surface area (Å²) in [5.41, 5.74) is 0. The predicted octanol–water partition coefficient (Wildman–Crippen LogP) is 3.47. The molecule has 0 aliphatic heterocycles. The van der Waals surface area contributed by atoms with Gasteiger partial charge in [-0.05, 0) is 18.2 Å². The van der Waals surface area contributed by atoms with Crippen LogP contribution in [0.15, 0.2) is 36.4 Å². The summed E-state index contributed by atoms with van der Waals surface area (Å²) in [6.07, 6.45) is 0. The van der Waals surface area contributed by atoms with Crippen molar-refractivity contribution in [1.29, 1.82) is 0 Å². The van der Waals surface area contributed by atoms with Gasteiger partial charge < -0.3 is 10.2 Å². The molecule has 0 spiro atoms. The first kappa shape index (κ1) is 8.56. The first-order chi connectivity index (χ1) is 7.27. The molecule has 3 rings (SSSR count). The Labute approximate surface area is 90.0 Å². The van der Waals surface area contributed by atoms with E-state index in [1.165, 1.54) is 17.4 Å². The van der Waals surface area contributed by atoms with Crippen LogP contribution in [0.3, 0.4) is 0 Å². The standard InChI is InChI=1S/C12H8O2S/c13-9-6-5-8-7-3-1-2-4-10(7)15-12(8)11(9)14/h1-6,13-14H. The van der Waals surface area contributed by atoms with Gasteiger partial charge in [0.1, 0.15) is 0 Å². The van der Waals surface area contributed by atoms with Gasteiger partial charge in [0.25, 0.3) is 0 Å². The second-order valence-corrected chi connectivity index (χ2v) is 4.46. The van der Waals surface area contributed by atoms with Crippen LogP contribution in [0.2, 0.25) is 0 Å². The summed E-state index contributed by atoms with van der Waals surface area (Å²) in [6.45, 7) is 0. The largest absolute Gasteiger partial charge is 0.504 e. The summed E-state index contributed by atoms with van der Waals surface area (Å²) in [5, 5.41) is 21.2. The van der Waals surface area contributed by atoms with E-state index < -0.39 is 0 Å². The molecule has 15 heavy (non-hydrogen) atoms. The van der Waals surface area contributed by atoms with Crippen molar-refractivity contribution in [1.82, 2.24) is 0 Å². The molecular weight excluding hydrogens is 208 g/mol. The summed E-state index contributed by atoms with van der Waals surface area (Å²) in [6, 6.07) is 11.3. The van der Waals surface area contributed by atoms with Gasteiger partial charge in [0.2, 0.25) is 0 Å². The Morgan fingerprint density at radius 1 is 0.867 bits per heavy atom. The van der Waals surface area contributed by atoms with Gasteiger partial charge in [-0.15, -0.1) is 11.3 Å². The minimum absolute atomic E-state index is 0.0197. The topological polar surface area (TPSA) is 40.5 Å². The molecule has 1 aromatic heterocycles. The van der Waals surface area contributed by atoms with Crippen LogP contribution in [-0.2, 0) is 0 Å². The summed E-state index contributed by atoms with van der Waals surface area (Å²) in [7, 11) is 0. The lowest BCUT2D eigenvalue weighted by atomic mass is 10.1. The lowest BCUT2D eigenvalue weighted by molar-refractivity contribution is 0.409. The summed E-state index contributed by atoms with van der Waals surface area (Å²) in [5.74, 6) is -0.0808. The molecule has 0 aliphatic carbocycles. The molecule has 0 saturated heterocycles. The van der Waals surface area contributed by atoms with Crippen molar-refractivity contribution in [2.24, 2.45) is 0 Å². The summed E-state index contributed by atoms with van der Waals surface area (Å²) in [4.78, 5) is 0. The normalized spacial score (nSPS) is 11.2. The van der Waals surface area contributed by atoms with E-state index in [4.69, 9.17) is 0 Å². The van der Waals surface area contributed by atoms with Crippen LogP contribution in [0, 0.1) is 0 Å². The van der Waals surface area contributed by atoms with Crippen LogP contribution in [0.5, 0.6) is 11.5 Å². The number of hydrogen-bond donors (Lipinski definition) is 2. The Bertz CT molecular complexity index is 655. The minimum Gasteiger partial charge on any atom is -0.504 e. The van der Waals surface area contributed by atoms with Gasteiger partial charge in [0.05, 0.1) is 4.70 Å². The van der Waals surface area contributed by atoms with E-state index in [0.717, 1.165) is 20.2 Å². The van der Waals surface area contributed by atoms with Crippen molar-refractivity contribution in [3.63, 3.8) is 0 Å². The molecule has 1 heterocycles. The van der Waals surface area contributed by atoms with E-state index in [-0.39, 0.29) is 11.5 Å². The molecule has 0 saturated carbocycles. The Morgan fingerprint density at radius 3 is 2.53 bits per heavy atom. The highest BCUT2D eigenvalue weighted by Crippen LogP contribution is 2.42. The molecule has 0 unspecified atom stereocenters. The first-order valence-corrected chi connectivity index (χ1v) is 5.41. The highest BCUT2D eigenvalue weighted by molar-refractivity contribution is 7.26. The van der Waals surface area contributed by atoms with E-state index >= 15 is 0 Å². The number of phenols is 2. The van der Waals surface area contributed by atoms with Gasteiger partial charge in [-0.1, -0.05) is 18.2 Å². The van der Waals surface area contributed by atoms with Gasteiger partial charge in [-0.25, -0.2) is 0 Å². The van der Waals surface area contributed by atoms with Crippen molar-refractivity contribution in [3.05, 3.63) is 36.4 Å². The zero-order valence-electron chi connectivity index (χ0n) is 7.77. The number of phenolic OH excluding ortho intramolecular Hbond substituents is 2. The average molecular weight is 216 g/mol. The molecule has 0 atom stereocenters. The highest BCUT2D eigenvalue weighted by Gasteiger charge is 2.10. The third-order valence-electron chi connectivity index (χ3n) is 2.50. The Morgan fingerprint density at radius 2 is 1.67 bits per heavy atom. The lowest BCUT2D eigenvalue weighted by Crippen LogP contribution is -1.69. The van der Waals surface area contributed by atoms with Gasteiger partial charge >= 0.3 is 0 Å². The van der Waals surface area contributed by atoms with Crippen molar-refractivity contribution in [2.75, 3.05) is 0 Å². The van der Waals surface area contributed by atoms with Gasteiger partial charge in [-0.2, -0.15) is 0 Å². The second-order valence-electron chi connectivity index (χ2n) is 3.41. The number of aromatic hydroxyl groups is 2. The highest BCUT2D eigenvalue weighted by atomic mass is 32.1. The van der Waals surface area contributed by atoms with E-state index in [9.17, 15) is 10.2 Å². The third-order valence-corrected chi connectivity index (χ3v) is 3.69. The minimum atomic E-state index is -0.0611. The van der Waals surface area contributed by atoms with Gasteiger partial charge in [0, 0.05) is 15.5 Å². The maximum atomic E-state index is 9.72. The van der Waals surface area contributed by atoms with Crippen LogP contribution >= 0.6 is 11.3 Å². The number of rotatable bonds is 0. The van der Waals surface area contributed by atoms with Crippen molar-refractivity contribution >= 4 is 31.5 Å². The van der Waals surface area contributed by atoms with E-state index in [1.54, 1.807) is 0 Å². The number of fused-ring (bicyclic) bond motifs is 3. The Kier molecular flexibility index (Phi) is 1.64. The fourth-order valence-corrected chi connectivity index (χ4v) is 2.91. The van der Waals surface area contributed by atoms with Crippen LogP contribution < -0.4 is 0 Å². The van der Waals surface area contributed by atoms with Gasteiger partial charge in [-0.3, -0.25) is 0 Å². The van der Waals surface area contributed by atoms with Crippen molar-refractivity contribution < 1.29 is 10.2 Å². The van der Waals surface area contributed by atoms with Crippen molar-refractivity contribution in [3.8, 4) is 11.5 Å². The average Bonchev–Trinajstić information content (AvgIpc) is 2.63. The molecule has 0 amide bonds. The smallest absolute Gasteiger partial charge is 0.175 e. The second kappa shape index (κ2) is 2.87. The third kappa shape index (κ3) is 1.10. The zero-order chi connectivity index (χ0) is 10.4. The Balaban J connectivity index is 2.60. The fraction of sp³-hybridized carbons (Fsp3) is 0. The molecule has 0 radical (unpaired) electrons. The van der Waals surface area contributed by atoms with Gasteiger partial charge in [0.15, 0.2) is 11.5 Å². The van der Waals surface area contributed by atoms with E-state index in [1.807, 2.05) is 30.3 Å². The number of hydrogen-bond acceptors (Lipinski definition) is 3. The van der Waals surface area contributed by atoms with E-state index in [0.29, 0.717) is 0 Å². The molecule has 2 N–H and O–H groups in total. The molecule has 3 heteroatoms. The summed E-state index contributed by atoms with van der Waals surface area (Å²) >= 11 is 1.49. The SMILES string of the molecule is Oc1ccc2c(sc3ccccc32)c1O. The molecule has 0 bridgehead atoms. The molecule has 0 aliphatic rings. The first-order valence-electron chi connectivity index (χ1n) is 4.59. The maximum absolute atomic E-state index is 9.72. The van der Waals surface area contributed by atoms with Crippen LogP contribution in [0.4, 0.5) is 0 Å². The number of benzene rings is 2. The molecule has 74 valence electrons. The quantitative estimate of drug-likeness (QED) is 0.565. The van der Waals surface area contributed by atoms with E-state index in [2.05, 4.69) is 0 Å². The fourth-order valence-electron chi connectivity index (χ4n) is 1.76. The zero-order valence-corrected chi connectivity index (χ0v) is 8.58. The van der Waals surface area contributed by atoms with Crippen LogP contribution in [0.25, 0.3) is 20.2 Å². The van der Waals surface area contributed by atoms with Crippen molar-refractivity contribution in [2.45, 2.75) is 0 Å². The summed E-state index contributed by atoms with van der Waals surface area (Å²) < 4.78 is 1.87. The molecular formula is C12H8O2S. The Hall–Kier alpha value is -1.74. The molecule has 2 aromatic carbocycles. The van der Waals surface area contributed by atoms with Crippen LogP contribution in [0.1, 0.15) is 0 Å². The maximum Gasteiger partial charge on any atom is 0.175 e. The number of thiophene rings is 1. The predicted molar refractivity (Wildman–Crippen MR) is 62.7 cm³/mol. The lowest BCUT2D eigenvalue weighted by Gasteiger charge is -1.97.